The molecule has 0 aromatic heterocycles. The van der Waals surface area contributed by atoms with Crippen molar-refractivity contribution in [2.24, 2.45) is 5.92 Å². The minimum atomic E-state index is -0.715. The first-order valence-electron chi connectivity index (χ1n) is 6.47. The Hall–Kier alpha value is -0.160. The smallest absolute Gasteiger partial charge is 0.0998 e. The second-order valence-electron chi connectivity index (χ2n) is 5.91. The lowest BCUT2D eigenvalue weighted by molar-refractivity contribution is -0.140. The fourth-order valence-corrected chi connectivity index (χ4v) is 3.58. The molecular weight excluding hydrogens is 218 g/mol. The van der Waals surface area contributed by atoms with Crippen LogP contribution in [0.3, 0.4) is 0 Å². The molecule has 2 N–H and O–H groups in total. The topological polar surface area (TPSA) is 54.0 Å². The lowest BCUT2D eigenvalue weighted by Crippen LogP contribution is -2.61. The first kappa shape index (κ1) is 13.3. The number of hydrogen-bond donors (Lipinski definition) is 2. The zero-order valence-corrected chi connectivity index (χ0v) is 11.5. The molecular formula is C13H25NO3. The SMILES string of the molecule is CNC1CCC(C)(O)C(C2(C)OC2C)C1OC. The molecule has 1 saturated heterocycles. The average molecular weight is 243 g/mol. The third-order valence-electron chi connectivity index (χ3n) is 4.80. The third kappa shape index (κ3) is 2.01. The maximum Gasteiger partial charge on any atom is 0.0998 e. The predicted octanol–water partition coefficient (Wildman–Crippen LogP) is 0.928. The van der Waals surface area contributed by atoms with Crippen LogP contribution >= 0.6 is 0 Å². The second-order valence-corrected chi connectivity index (χ2v) is 5.91. The van der Waals surface area contributed by atoms with Gasteiger partial charge in [0.1, 0.15) is 0 Å². The van der Waals surface area contributed by atoms with Crippen LogP contribution in [0.25, 0.3) is 0 Å². The fraction of sp³-hybridized carbons (Fsp3) is 1.00. The molecule has 0 amide bonds. The van der Waals surface area contributed by atoms with Crippen molar-refractivity contribution in [2.75, 3.05) is 14.2 Å². The van der Waals surface area contributed by atoms with Crippen LogP contribution < -0.4 is 5.32 Å². The lowest BCUT2D eigenvalue weighted by atomic mass is 9.66. The molecule has 0 aromatic rings. The Morgan fingerprint density at radius 3 is 2.41 bits per heavy atom. The summed E-state index contributed by atoms with van der Waals surface area (Å²) in [6.45, 7) is 6.06. The maximum atomic E-state index is 10.7. The van der Waals surface area contributed by atoms with E-state index in [0.717, 1.165) is 12.8 Å². The Balaban J connectivity index is 2.27. The number of rotatable bonds is 3. The van der Waals surface area contributed by atoms with E-state index in [2.05, 4.69) is 19.2 Å². The highest BCUT2D eigenvalue weighted by Crippen LogP contribution is 2.52. The molecule has 2 aliphatic rings. The first-order valence-corrected chi connectivity index (χ1v) is 6.47. The summed E-state index contributed by atoms with van der Waals surface area (Å²) in [6.07, 6.45) is 1.92. The number of ether oxygens (including phenoxy) is 2. The molecule has 17 heavy (non-hydrogen) atoms. The van der Waals surface area contributed by atoms with Crippen LogP contribution in [-0.2, 0) is 9.47 Å². The average Bonchev–Trinajstić information content (AvgIpc) is 2.85. The monoisotopic (exact) mass is 243 g/mol. The molecule has 1 aliphatic carbocycles. The van der Waals surface area contributed by atoms with Gasteiger partial charge in [-0.3, -0.25) is 0 Å². The van der Waals surface area contributed by atoms with Gasteiger partial charge in [0.2, 0.25) is 0 Å². The summed E-state index contributed by atoms with van der Waals surface area (Å²) in [5.74, 6) is 0.0150. The fourth-order valence-electron chi connectivity index (χ4n) is 3.58. The standard InChI is InChI=1S/C13H25NO3/c1-8-13(3,17-8)11-10(16-5)9(14-4)6-7-12(11,2)15/h8-11,14-15H,6-7H2,1-5H3. The van der Waals surface area contributed by atoms with Gasteiger partial charge in [-0.15, -0.1) is 0 Å². The van der Waals surface area contributed by atoms with Crippen LogP contribution in [0.5, 0.6) is 0 Å². The molecule has 6 atom stereocenters. The van der Waals surface area contributed by atoms with Gasteiger partial charge in [-0.25, -0.2) is 0 Å². The quantitative estimate of drug-likeness (QED) is 0.724. The van der Waals surface area contributed by atoms with Crippen molar-refractivity contribution in [2.45, 2.75) is 63.1 Å². The van der Waals surface area contributed by atoms with E-state index in [4.69, 9.17) is 9.47 Å². The summed E-state index contributed by atoms with van der Waals surface area (Å²) in [5, 5.41) is 14.0. The van der Waals surface area contributed by atoms with E-state index < -0.39 is 5.60 Å². The summed E-state index contributed by atoms with van der Waals surface area (Å²) in [5.41, 5.74) is -0.965. The minimum absolute atomic E-state index is 0.00120. The predicted molar refractivity (Wildman–Crippen MR) is 65.9 cm³/mol. The first-order chi connectivity index (χ1) is 7.86. The van der Waals surface area contributed by atoms with Gasteiger partial charge in [0.15, 0.2) is 0 Å². The van der Waals surface area contributed by atoms with Crippen molar-refractivity contribution in [3.63, 3.8) is 0 Å². The lowest BCUT2D eigenvalue weighted by Gasteiger charge is -2.48. The van der Waals surface area contributed by atoms with Crippen LogP contribution in [0.4, 0.5) is 0 Å². The van der Waals surface area contributed by atoms with Crippen LogP contribution in [0.15, 0.2) is 0 Å². The van der Waals surface area contributed by atoms with Gasteiger partial charge < -0.3 is 19.9 Å². The number of aliphatic hydroxyl groups is 1. The molecule has 0 bridgehead atoms. The van der Waals surface area contributed by atoms with E-state index in [-0.39, 0.29) is 23.7 Å². The normalized spacial score (nSPS) is 54.7. The Morgan fingerprint density at radius 2 is 2.00 bits per heavy atom. The highest BCUT2D eigenvalue weighted by molar-refractivity contribution is 5.13. The van der Waals surface area contributed by atoms with E-state index in [1.54, 1.807) is 7.11 Å². The summed E-state index contributed by atoms with van der Waals surface area (Å²) in [7, 11) is 3.67. The van der Waals surface area contributed by atoms with E-state index in [1.807, 2.05) is 14.0 Å². The molecule has 0 radical (unpaired) electrons. The van der Waals surface area contributed by atoms with Crippen molar-refractivity contribution in [1.29, 1.82) is 0 Å². The van der Waals surface area contributed by atoms with Gasteiger partial charge in [-0.05, 0) is 40.7 Å². The molecule has 0 aromatic carbocycles. The number of nitrogens with one attached hydrogen (secondary N) is 1. The minimum Gasteiger partial charge on any atom is -0.390 e. The van der Waals surface area contributed by atoms with Gasteiger partial charge in [0, 0.05) is 19.1 Å². The van der Waals surface area contributed by atoms with Crippen molar-refractivity contribution in [3.8, 4) is 0 Å². The van der Waals surface area contributed by atoms with Gasteiger partial charge in [-0.1, -0.05) is 0 Å². The van der Waals surface area contributed by atoms with E-state index in [1.165, 1.54) is 0 Å². The summed E-state index contributed by atoms with van der Waals surface area (Å²) in [4.78, 5) is 0. The van der Waals surface area contributed by atoms with Crippen molar-refractivity contribution >= 4 is 0 Å². The summed E-state index contributed by atoms with van der Waals surface area (Å²) < 4.78 is 11.4. The van der Waals surface area contributed by atoms with Gasteiger partial charge in [0.25, 0.3) is 0 Å². The Kier molecular flexibility index (Phi) is 3.28. The third-order valence-corrected chi connectivity index (χ3v) is 4.80. The Morgan fingerprint density at radius 1 is 1.41 bits per heavy atom. The number of epoxide rings is 1. The number of methoxy groups -OCH3 is 1. The van der Waals surface area contributed by atoms with Gasteiger partial charge in [-0.2, -0.15) is 0 Å². The Labute approximate surface area is 104 Å². The molecule has 6 unspecified atom stereocenters. The highest BCUT2D eigenvalue weighted by Gasteiger charge is 2.64. The zero-order valence-electron chi connectivity index (χ0n) is 11.5. The van der Waals surface area contributed by atoms with Crippen LogP contribution in [0.1, 0.15) is 33.6 Å². The molecule has 2 rings (SSSR count). The number of likely N-dealkylation sites (N-methyl/N-ethyl adjacent to an activating group) is 1. The van der Waals surface area contributed by atoms with Gasteiger partial charge >= 0.3 is 0 Å². The van der Waals surface area contributed by atoms with Crippen LogP contribution in [0, 0.1) is 5.92 Å². The molecule has 1 heterocycles. The van der Waals surface area contributed by atoms with E-state index in [9.17, 15) is 5.11 Å². The summed E-state index contributed by atoms with van der Waals surface area (Å²) >= 11 is 0. The molecule has 1 saturated carbocycles. The molecule has 100 valence electrons. The summed E-state index contributed by atoms with van der Waals surface area (Å²) in [6, 6.07) is 0.290. The van der Waals surface area contributed by atoms with E-state index in [0.29, 0.717) is 6.04 Å². The highest BCUT2D eigenvalue weighted by atomic mass is 16.6. The second kappa shape index (κ2) is 4.19. The largest absolute Gasteiger partial charge is 0.390 e. The maximum absolute atomic E-state index is 10.7. The molecule has 4 nitrogen and oxygen atoms in total. The van der Waals surface area contributed by atoms with E-state index >= 15 is 0 Å². The molecule has 1 aliphatic heterocycles. The number of hydrogen-bond acceptors (Lipinski definition) is 4. The molecule has 0 spiro atoms. The zero-order chi connectivity index (χ0) is 12.8. The van der Waals surface area contributed by atoms with Crippen molar-refractivity contribution in [1.82, 2.24) is 5.32 Å². The van der Waals surface area contributed by atoms with Crippen molar-refractivity contribution in [3.05, 3.63) is 0 Å². The van der Waals surface area contributed by atoms with Gasteiger partial charge in [0.05, 0.1) is 23.4 Å². The van der Waals surface area contributed by atoms with Crippen LogP contribution in [-0.4, -0.2) is 48.7 Å². The molecule has 4 heteroatoms. The van der Waals surface area contributed by atoms with Crippen LogP contribution in [0.2, 0.25) is 0 Å². The molecule has 2 fully saturated rings. The Bertz CT molecular complexity index is 290. The van der Waals surface area contributed by atoms with Crippen molar-refractivity contribution < 1.29 is 14.6 Å².